The third-order valence-corrected chi connectivity index (χ3v) is 5.30. The van der Waals surface area contributed by atoms with Gasteiger partial charge in [-0.2, -0.15) is 0 Å². The van der Waals surface area contributed by atoms with Crippen LogP contribution in [-0.4, -0.2) is 24.3 Å². The van der Waals surface area contributed by atoms with Crippen molar-refractivity contribution in [1.29, 1.82) is 0 Å². The van der Waals surface area contributed by atoms with Crippen LogP contribution in [-0.2, 0) is 17.6 Å². The second-order valence-electron chi connectivity index (χ2n) is 5.59. The maximum Gasteiger partial charge on any atom is 0.248 e. The van der Waals surface area contributed by atoms with Gasteiger partial charge in [0.2, 0.25) is 5.91 Å². The normalized spacial score (nSPS) is 17.8. The first kappa shape index (κ1) is 17.4. The molecule has 0 radical (unpaired) electrons. The van der Waals surface area contributed by atoms with E-state index in [-0.39, 0.29) is 12.5 Å². The van der Waals surface area contributed by atoms with Crippen molar-refractivity contribution in [2.75, 3.05) is 11.9 Å². The molecular weight excluding hydrogens is 308 g/mol. The number of aliphatic imine (C=N–C) groups is 1. The van der Waals surface area contributed by atoms with Crippen LogP contribution in [0.1, 0.15) is 22.4 Å². The quantitative estimate of drug-likeness (QED) is 0.477. The number of anilines is 1. The highest BCUT2D eigenvalue weighted by atomic mass is 32.1. The second-order valence-corrected chi connectivity index (χ2v) is 6.69. The van der Waals surface area contributed by atoms with Crippen LogP contribution < -0.4 is 5.32 Å². The molecule has 1 heterocycles. The fraction of sp³-hybridized carbons (Fsp3) is 0.333. The molecule has 2 N–H and O–H groups in total. The molecule has 23 heavy (non-hydrogen) atoms. The fourth-order valence-corrected chi connectivity index (χ4v) is 4.05. The van der Waals surface area contributed by atoms with E-state index < -0.39 is 0 Å². The number of hydrogen-bond donors (Lipinski definition) is 2. The molecule has 0 aromatic carbocycles. The number of carbonyl (C=O) groups excluding carboxylic acids is 1. The summed E-state index contributed by atoms with van der Waals surface area (Å²) in [7, 11) is 0. The van der Waals surface area contributed by atoms with E-state index in [2.05, 4.69) is 23.6 Å². The molecule has 0 saturated carbocycles. The van der Waals surface area contributed by atoms with Crippen molar-refractivity contribution in [3.05, 3.63) is 52.6 Å². The zero-order valence-corrected chi connectivity index (χ0v) is 14.2. The average Bonchev–Trinajstić information content (AvgIpc) is 2.86. The van der Waals surface area contributed by atoms with Gasteiger partial charge < -0.3 is 10.4 Å². The van der Waals surface area contributed by atoms with E-state index in [1.807, 2.05) is 6.92 Å². The Morgan fingerprint density at radius 2 is 2.30 bits per heavy atom. The van der Waals surface area contributed by atoms with E-state index in [1.165, 1.54) is 16.5 Å². The van der Waals surface area contributed by atoms with Crippen LogP contribution in [0.15, 0.2) is 41.6 Å². The van der Waals surface area contributed by atoms with Crippen molar-refractivity contribution in [1.82, 2.24) is 0 Å². The Bertz CT molecular complexity index is 671. The molecule has 2 rings (SSSR count). The third-order valence-electron chi connectivity index (χ3n) is 4.03. The summed E-state index contributed by atoms with van der Waals surface area (Å²) >= 11 is 1.62. The molecule has 0 spiro atoms. The molecule has 1 atom stereocenters. The summed E-state index contributed by atoms with van der Waals surface area (Å²) in [5.74, 6) is 0.165. The Balaban J connectivity index is 2.09. The maximum absolute atomic E-state index is 12.1. The van der Waals surface area contributed by atoms with Crippen molar-refractivity contribution in [3.63, 3.8) is 0 Å². The van der Waals surface area contributed by atoms with Gasteiger partial charge in [-0.15, -0.1) is 11.3 Å². The van der Waals surface area contributed by atoms with Crippen LogP contribution in [0.4, 0.5) is 5.00 Å². The van der Waals surface area contributed by atoms with Crippen LogP contribution in [0.3, 0.4) is 0 Å². The zero-order valence-electron chi connectivity index (χ0n) is 13.3. The topological polar surface area (TPSA) is 61.7 Å². The molecular formula is C18H22N2O2S. The first-order chi connectivity index (χ1) is 11.1. The molecule has 5 heteroatoms. The number of hydrogen-bond acceptors (Lipinski definition) is 4. The number of amides is 1. The van der Waals surface area contributed by atoms with Crippen LogP contribution in [0.5, 0.6) is 0 Å². The molecule has 1 aliphatic rings. The van der Waals surface area contributed by atoms with Gasteiger partial charge in [-0.05, 0) is 61.6 Å². The summed E-state index contributed by atoms with van der Waals surface area (Å²) in [6.07, 6.45) is 9.16. The lowest BCUT2D eigenvalue weighted by atomic mass is 9.88. The molecule has 1 amide bonds. The second kappa shape index (κ2) is 8.04. The monoisotopic (exact) mass is 330 g/mol. The van der Waals surface area contributed by atoms with E-state index in [0.717, 1.165) is 35.4 Å². The van der Waals surface area contributed by atoms with Crippen molar-refractivity contribution in [2.24, 2.45) is 10.9 Å². The molecule has 4 nitrogen and oxygen atoms in total. The van der Waals surface area contributed by atoms with Gasteiger partial charge in [0.1, 0.15) is 0 Å². The Morgan fingerprint density at radius 1 is 1.52 bits per heavy atom. The highest BCUT2D eigenvalue weighted by molar-refractivity contribution is 7.16. The largest absolute Gasteiger partial charge is 0.396 e. The lowest BCUT2D eigenvalue weighted by Crippen LogP contribution is -2.16. The number of nitrogens with zero attached hydrogens (tertiary/aromatic N) is 1. The predicted molar refractivity (Wildman–Crippen MR) is 97.3 cm³/mol. The Labute approximate surface area is 141 Å². The van der Waals surface area contributed by atoms with Crippen molar-refractivity contribution < 1.29 is 9.90 Å². The molecule has 0 saturated heterocycles. The van der Waals surface area contributed by atoms with Crippen LogP contribution in [0, 0.1) is 12.8 Å². The Morgan fingerprint density at radius 3 is 2.96 bits per heavy atom. The number of fused-ring (bicyclic) bond motifs is 1. The predicted octanol–water partition coefficient (Wildman–Crippen LogP) is 3.42. The van der Waals surface area contributed by atoms with Crippen LogP contribution in [0.25, 0.3) is 0 Å². The molecule has 1 aromatic heterocycles. The molecule has 0 aliphatic heterocycles. The number of thiophene rings is 1. The van der Waals surface area contributed by atoms with Crippen LogP contribution >= 0.6 is 11.3 Å². The number of rotatable bonds is 6. The maximum atomic E-state index is 12.1. The van der Waals surface area contributed by atoms with Crippen molar-refractivity contribution >= 4 is 29.0 Å². The lowest BCUT2D eigenvalue weighted by Gasteiger charge is -2.20. The fourth-order valence-electron chi connectivity index (χ4n) is 2.68. The molecule has 1 aromatic rings. The van der Waals surface area contributed by atoms with Gasteiger partial charge in [0.25, 0.3) is 0 Å². The molecule has 0 bridgehead atoms. The summed E-state index contributed by atoms with van der Waals surface area (Å²) in [5, 5.41) is 13.2. The van der Waals surface area contributed by atoms with Crippen molar-refractivity contribution in [2.45, 2.75) is 26.2 Å². The number of aliphatic hydroxyl groups is 1. The molecule has 0 fully saturated rings. The van der Waals surface area contributed by atoms with E-state index >= 15 is 0 Å². The van der Waals surface area contributed by atoms with Crippen molar-refractivity contribution in [3.8, 4) is 0 Å². The van der Waals surface area contributed by atoms with Gasteiger partial charge in [0.15, 0.2) is 0 Å². The smallest absolute Gasteiger partial charge is 0.248 e. The average molecular weight is 330 g/mol. The summed E-state index contributed by atoms with van der Waals surface area (Å²) in [4.78, 5) is 17.0. The number of carbonyl (C=O) groups is 1. The Hall–Kier alpha value is -1.98. The van der Waals surface area contributed by atoms with E-state index in [9.17, 15) is 9.90 Å². The first-order valence-electron chi connectivity index (χ1n) is 7.58. The number of allylic oxidation sites excluding steroid dienone is 3. The minimum Gasteiger partial charge on any atom is -0.396 e. The van der Waals surface area contributed by atoms with E-state index in [4.69, 9.17) is 0 Å². The van der Waals surface area contributed by atoms with Gasteiger partial charge in [-0.25, -0.2) is 0 Å². The Kier molecular flexibility index (Phi) is 6.07. The number of nitrogens with one attached hydrogen (secondary N) is 1. The van der Waals surface area contributed by atoms with Gasteiger partial charge in [-0.3, -0.25) is 9.79 Å². The zero-order chi connectivity index (χ0) is 16.8. The van der Waals surface area contributed by atoms with Gasteiger partial charge in [-0.1, -0.05) is 12.7 Å². The van der Waals surface area contributed by atoms with E-state index in [1.54, 1.807) is 29.7 Å². The summed E-state index contributed by atoms with van der Waals surface area (Å²) < 4.78 is 0. The molecule has 1 unspecified atom stereocenters. The SMILES string of the molecule is C=CC(/C=C/C(=O)Nc1sc2c(c1C)CCC(CO)C2)=C\N=C. The van der Waals surface area contributed by atoms with E-state index in [0.29, 0.717) is 5.92 Å². The highest BCUT2D eigenvalue weighted by Crippen LogP contribution is 2.39. The summed E-state index contributed by atoms with van der Waals surface area (Å²) in [6.45, 7) is 9.32. The lowest BCUT2D eigenvalue weighted by molar-refractivity contribution is -0.111. The van der Waals surface area contributed by atoms with Gasteiger partial charge in [0, 0.05) is 23.8 Å². The third kappa shape index (κ3) is 4.27. The first-order valence-corrected chi connectivity index (χ1v) is 8.40. The minimum atomic E-state index is -0.179. The van der Waals surface area contributed by atoms with Gasteiger partial charge >= 0.3 is 0 Å². The van der Waals surface area contributed by atoms with Gasteiger partial charge in [0.05, 0.1) is 5.00 Å². The minimum absolute atomic E-state index is 0.179. The molecule has 1 aliphatic carbocycles. The standard InChI is InChI=1S/C18H22N2O2S/c1-4-13(10-19-3)6-8-17(22)20-18-12(2)15-7-5-14(11-21)9-16(15)23-18/h4,6,8,10,14,21H,1,3,5,7,9,11H2,2H3,(H,20,22)/b8-6+,13-10+. The summed E-state index contributed by atoms with van der Waals surface area (Å²) in [6, 6.07) is 0. The number of aliphatic hydroxyl groups excluding tert-OH is 1. The van der Waals surface area contributed by atoms with Crippen LogP contribution in [0.2, 0.25) is 0 Å². The highest BCUT2D eigenvalue weighted by Gasteiger charge is 2.23. The summed E-state index contributed by atoms with van der Waals surface area (Å²) in [5.41, 5.74) is 3.21. The molecule has 122 valence electrons.